The van der Waals surface area contributed by atoms with Gasteiger partial charge in [-0.15, -0.1) is 0 Å². The Labute approximate surface area is 130 Å². The second-order valence-electron chi connectivity index (χ2n) is 5.19. The van der Waals surface area contributed by atoms with Gasteiger partial charge in [-0.25, -0.2) is 0 Å². The lowest BCUT2D eigenvalue weighted by atomic mass is 10.1. The number of hydrogen-bond acceptors (Lipinski definition) is 2. The van der Waals surface area contributed by atoms with E-state index in [2.05, 4.69) is 10.6 Å². The summed E-state index contributed by atoms with van der Waals surface area (Å²) in [7, 11) is 0. The molecule has 0 heterocycles. The van der Waals surface area contributed by atoms with Crippen LogP contribution in [-0.2, 0) is 4.79 Å². The number of hydrogen-bond donors (Lipinski definition) is 2. The number of carbonyl (C=O) groups excluding carboxylic acids is 2. The first-order valence-corrected chi connectivity index (χ1v) is 7.27. The topological polar surface area (TPSA) is 58.2 Å². The van der Waals surface area contributed by atoms with Crippen LogP contribution >= 0.6 is 0 Å². The maximum atomic E-state index is 12.0. The lowest BCUT2D eigenvalue weighted by Crippen LogP contribution is -2.27. The van der Waals surface area contributed by atoms with Crippen molar-refractivity contribution in [1.82, 2.24) is 5.32 Å². The number of para-hydroxylation sites is 1. The Hall–Kier alpha value is -2.62. The van der Waals surface area contributed by atoms with E-state index in [1.165, 1.54) is 0 Å². The smallest absolute Gasteiger partial charge is 0.251 e. The van der Waals surface area contributed by atoms with Crippen molar-refractivity contribution in [2.24, 2.45) is 0 Å². The molecular formula is C18H20N2O2. The number of amides is 2. The fourth-order valence-corrected chi connectivity index (χ4v) is 2.19. The van der Waals surface area contributed by atoms with Crippen LogP contribution in [0.25, 0.3) is 0 Å². The highest BCUT2D eigenvalue weighted by Crippen LogP contribution is 2.19. The van der Waals surface area contributed by atoms with Crippen LogP contribution in [0.2, 0.25) is 0 Å². The highest BCUT2D eigenvalue weighted by Gasteiger charge is 2.08. The van der Waals surface area contributed by atoms with E-state index >= 15 is 0 Å². The van der Waals surface area contributed by atoms with Crippen molar-refractivity contribution in [2.75, 3.05) is 11.9 Å². The normalized spacial score (nSPS) is 10.1. The van der Waals surface area contributed by atoms with Crippen LogP contribution in [0.4, 0.5) is 5.69 Å². The Morgan fingerprint density at radius 2 is 1.55 bits per heavy atom. The first-order chi connectivity index (χ1) is 10.6. The minimum absolute atomic E-state index is 0.106. The summed E-state index contributed by atoms with van der Waals surface area (Å²) < 4.78 is 0. The van der Waals surface area contributed by atoms with Gasteiger partial charge in [0.1, 0.15) is 0 Å². The number of carbonyl (C=O) groups is 2. The zero-order valence-corrected chi connectivity index (χ0v) is 12.8. The highest BCUT2D eigenvalue weighted by molar-refractivity contribution is 5.95. The van der Waals surface area contributed by atoms with E-state index in [-0.39, 0.29) is 18.2 Å². The third-order valence-corrected chi connectivity index (χ3v) is 3.42. The van der Waals surface area contributed by atoms with Crippen molar-refractivity contribution in [3.63, 3.8) is 0 Å². The van der Waals surface area contributed by atoms with E-state index in [0.29, 0.717) is 12.1 Å². The molecule has 0 saturated carbocycles. The van der Waals surface area contributed by atoms with Gasteiger partial charge in [-0.05, 0) is 37.1 Å². The molecule has 0 saturated heterocycles. The molecule has 2 aromatic rings. The van der Waals surface area contributed by atoms with Gasteiger partial charge in [0, 0.05) is 24.2 Å². The molecule has 0 radical (unpaired) electrons. The zero-order chi connectivity index (χ0) is 15.9. The molecule has 0 bridgehead atoms. The predicted octanol–water partition coefficient (Wildman–Crippen LogP) is 3.06. The van der Waals surface area contributed by atoms with Crippen LogP contribution in [0.5, 0.6) is 0 Å². The second kappa shape index (κ2) is 7.41. The molecule has 2 N–H and O–H groups in total. The van der Waals surface area contributed by atoms with Gasteiger partial charge >= 0.3 is 0 Å². The second-order valence-corrected chi connectivity index (χ2v) is 5.19. The van der Waals surface area contributed by atoms with Crippen molar-refractivity contribution in [3.05, 3.63) is 65.2 Å². The zero-order valence-electron chi connectivity index (χ0n) is 12.8. The molecule has 2 rings (SSSR count). The standard InChI is InChI=1S/C18H20N2O2/c1-13-7-6-8-14(2)17(13)20-16(21)11-12-19-18(22)15-9-4-3-5-10-15/h3-10H,11-12H2,1-2H3,(H,19,22)(H,20,21). The summed E-state index contributed by atoms with van der Waals surface area (Å²) in [4.78, 5) is 23.8. The molecule has 0 aliphatic rings. The number of nitrogens with one attached hydrogen (secondary N) is 2. The van der Waals surface area contributed by atoms with Crippen molar-refractivity contribution in [2.45, 2.75) is 20.3 Å². The van der Waals surface area contributed by atoms with Gasteiger partial charge in [0.25, 0.3) is 5.91 Å². The summed E-state index contributed by atoms with van der Waals surface area (Å²) in [6, 6.07) is 14.8. The summed E-state index contributed by atoms with van der Waals surface area (Å²) >= 11 is 0. The summed E-state index contributed by atoms with van der Waals surface area (Å²) in [6.07, 6.45) is 0.242. The Morgan fingerprint density at radius 1 is 0.909 bits per heavy atom. The first kappa shape index (κ1) is 15.8. The fourth-order valence-electron chi connectivity index (χ4n) is 2.19. The molecule has 0 aliphatic heterocycles. The molecule has 2 aromatic carbocycles. The number of aryl methyl sites for hydroxylation is 2. The third-order valence-electron chi connectivity index (χ3n) is 3.42. The van der Waals surface area contributed by atoms with Crippen LogP contribution in [0, 0.1) is 13.8 Å². The molecule has 0 spiro atoms. The van der Waals surface area contributed by atoms with Gasteiger partial charge in [0.15, 0.2) is 0 Å². The third kappa shape index (κ3) is 4.19. The van der Waals surface area contributed by atoms with Crippen molar-refractivity contribution < 1.29 is 9.59 Å². The van der Waals surface area contributed by atoms with Gasteiger partial charge in [-0.1, -0.05) is 36.4 Å². The highest BCUT2D eigenvalue weighted by atomic mass is 16.2. The molecule has 0 fully saturated rings. The maximum Gasteiger partial charge on any atom is 0.251 e. The number of rotatable bonds is 5. The SMILES string of the molecule is Cc1cccc(C)c1NC(=O)CCNC(=O)c1ccccc1. The molecule has 0 atom stereocenters. The quantitative estimate of drug-likeness (QED) is 0.891. The van der Waals surface area contributed by atoms with Gasteiger partial charge in [-0.3, -0.25) is 9.59 Å². The average Bonchev–Trinajstić information content (AvgIpc) is 2.52. The summed E-state index contributed by atoms with van der Waals surface area (Å²) in [5.41, 5.74) is 3.50. The van der Waals surface area contributed by atoms with Crippen molar-refractivity contribution in [3.8, 4) is 0 Å². The van der Waals surface area contributed by atoms with Gasteiger partial charge in [0.2, 0.25) is 5.91 Å². The monoisotopic (exact) mass is 296 g/mol. The van der Waals surface area contributed by atoms with Crippen LogP contribution in [0.15, 0.2) is 48.5 Å². The molecule has 0 aliphatic carbocycles. The molecule has 4 heteroatoms. The average molecular weight is 296 g/mol. The molecule has 0 aromatic heterocycles. The Morgan fingerprint density at radius 3 is 2.18 bits per heavy atom. The maximum absolute atomic E-state index is 12.0. The van der Waals surface area contributed by atoms with E-state index < -0.39 is 0 Å². The molecule has 0 unspecified atom stereocenters. The van der Waals surface area contributed by atoms with Crippen LogP contribution < -0.4 is 10.6 Å². The minimum atomic E-state index is -0.166. The van der Waals surface area contributed by atoms with Crippen molar-refractivity contribution >= 4 is 17.5 Å². The van der Waals surface area contributed by atoms with Gasteiger partial charge in [0.05, 0.1) is 0 Å². The van der Waals surface area contributed by atoms with E-state index in [1.807, 2.05) is 50.2 Å². The Bertz CT molecular complexity index is 646. The molecule has 22 heavy (non-hydrogen) atoms. The number of benzene rings is 2. The Kier molecular flexibility index (Phi) is 5.31. The van der Waals surface area contributed by atoms with E-state index in [0.717, 1.165) is 16.8 Å². The van der Waals surface area contributed by atoms with E-state index in [1.54, 1.807) is 12.1 Å². The molecule has 4 nitrogen and oxygen atoms in total. The molecule has 2 amide bonds. The minimum Gasteiger partial charge on any atom is -0.352 e. The summed E-state index contributed by atoms with van der Waals surface area (Å²) in [5.74, 6) is -0.272. The first-order valence-electron chi connectivity index (χ1n) is 7.27. The van der Waals surface area contributed by atoms with E-state index in [9.17, 15) is 9.59 Å². The predicted molar refractivity (Wildman–Crippen MR) is 87.9 cm³/mol. The van der Waals surface area contributed by atoms with Crippen LogP contribution in [0.3, 0.4) is 0 Å². The largest absolute Gasteiger partial charge is 0.352 e. The lowest BCUT2D eigenvalue weighted by Gasteiger charge is -2.11. The van der Waals surface area contributed by atoms with Gasteiger partial charge < -0.3 is 10.6 Å². The Balaban J connectivity index is 1.82. The van der Waals surface area contributed by atoms with Crippen LogP contribution in [0.1, 0.15) is 27.9 Å². The molecule has 114 valence electrons. The fraction of sp³-hybridized carbons (Fsp3) is 0.222. The van der Waals surface area contributed by atoms with Crippen LogP contribution in [-0.4, -0.2) is 18.4 Å². The summed E-state index contributed by atoms with van der Waals surface area (Å²) in [6.45, 7) is 4.23. The summed E-state index contributed by atoms with van der Waals surface area (Å²) in [5, 5.41) is 5.65. The lowest BCUT2D eigenvalue weighted by molar-refractivity contribution is -0.116. The number of anilines is 1. The molecular weight excluding hydrogens is 276 g/mol. The van der Waals surface area contributed by atoms with E-state index in [4.69, 9.17) is 0 Å². The van der Waals surface area contributed by atoms with Crippen molar-refractivity contribution in [1.29, 1.82) is 0 Å². The van der Waals surface area contributed by atoms with Gasteiger partial charge in [-0.2, -0.15) is 0 Å².